The summed E-state index contributed by atoms with van der Waals surface area (Å²) < 4.78 is 0. The molecule has 0 fully saturated rings. The van der Waals surface area contributed by atoms with Crippen LogP contribution in [0.1, 0.15) is 37.8 Å². The number of thiocarbonyl (C=S) groups is 1. The van der Waals surface area contributed by atoms with Crippen LogP contribution >= 0.6 is 12.2 Å². The Labute approximate surface area is 114 Å². The van der Waals surface area contributed by atoms with Crippen LogP contribution in [-0.2, 0) is 6.42 Å². The number of nitrogens with zero attached hydrogens (tertiary/aromatic N) is 1. The first-order valence-corrected chi connectivity index (χ1v) is 6.57. The van der Waals surface area contributed by atoms with E-state index in [9.17, 15) is 0 Å². The lowest BCUT2D eigenvalue weighted by atomic mass is 9.97. The van der Waals surface area contributed by atoms with Gasteiger partial charge in [0, 0.05) is 6.21 Å². The maximum atomic E-state index is 5.28. The molecular weight excluding hydrogens is 242 g/mol. The molecule has 0 aliphatic rings. The Balaban J connectivity index is 2.51. The SMILES string of the molecule is CC(C)c1ccc(C[C@H](C)/C=N/NC(N)=S)cc1. The van der Waals surface area contributed by atoms with Gasteiger partial charge in [0.1, 0.15) is 0 Å². The van der Waals surface area contributed by atoms with E-state index in [1.807, 2.05) is 6.21 Å². The summed E-state index contributed by atoms with van der Waals surface area (Å²) in [7, 11) is 0. The van der Waals surface area contributed by atoms with Crippen molar-refractivity contribution in [1.29, 1.82) is 0 Å². The Kier molecular flexibility index (Phi) is 5.78. The van der Waals surface area contributed by atoms with Crippen LogP contribution < -0.4 is 11.2 Å². The lowest BCUT2D eigenvalue weighted by molar-refractivity contribution is 0.772. The highest BCUT2D eigenvalue weighted by atomic mass is 32.1. The van der Waals surface area contributed by atoms with E-state index in [1.165, 1.54) is 11.1 Å². The predicted octanol–water partition coefficient (Wildman–Crippen LogP) is 2.81. The topological polar surface area (TPSA) is 50.4 Å². The van der Waals surface area contributed by atoms with Crippen LogP contribution in [0.15, 0.2) is 29.4 Å². The van der Waals surface area contributed by atoms with Gasteiger partial charge in [-0.05, 0) is 41.6 Å². The van der Waals surface area contributed by atoms with Gasteiger partial charge in [-0.2, -0.15) is 5.10 Å². The average Bonchev–Trinajstić information content (AvgIpc) is 2.29. The monoisotopic (exact) mass is 263 g/mol. The standard InChI is InChI=1S/C14H21N3S/c1-10(2)13-6-4-12(5-7-13)8-11(3)9-16-17-14(15)18/h4-7,9-11H,8H2,1-3H3,(H3,15,17,18)/b16-9+/t11-/m0/s1. The fraction of sp³-hybridized carbons (Fsp3) is 0.429. The van der Waals surface area contributed by atoms with Crippen molar-refractivity contribution in [2.75, 3.05) is 0 Å². The zero-order valence-corrected chi connectivity index (χ0v) is 12.0. The quantitative estimate of drug-likeness (QED) is 0.488. The van der Waals surface area contributed by atoms with Crippen molar-refractivity contribution < 1.29 is 0 Å². The predicted molar refractivity (Wildman–Crippen MR) is 81.8 cm³/mol. The molecule has 0 amide bonds. The Bertz CT molecular complexity index is 410. The molecule has 0 aliphatic carbocycles. The van der Waals surface area contributed by atoms with E-state index in [1.54, 1.807) is 0 Å². The summed E-state index contributed by atoms with van der Waals surface area (Å²) in [5.41, 5.74) is 10.5. The normalized spacial score (nSPS) is 12.9. The van der Waals surface area contributed by atoms with E-state index in [-0.39, 0.29) is 5.11 Å². The molecule has 3 nitrogen and oxygen atoms in total. The molecule has 1 aromatic carbocycles. The summed E-state index contributed by atoms with van der Waals surface area (Å²) in [4.78, 5) is 0. The van der Waals surface area contributed by atoms with Crippen molar-refractivity contribution in [2.45, 2.75) is 33.1 Å². The van der Waals surface area contributed by atoms with Crippen LogP contribution in [0, 0.1) is 5.92 Å². The van der Waals surface area contributed by atoms with E-state index in [0.29, 0.717) is 11.8 Å². The summed E-state index contributed by atoms with van der Waals surface area (Å²) in [6.45, 7) is 6.51. The Hall–Kier alpha value is -1.42. The van der Waals surface area contributed by atoms with E-state index in [4.69, 9.17) is 5.73 Å². The molecule has 1 atom stereocenters. The largest absolute Gasteiger partial charge is 0.375 e. The second-order valence-electron chi connectivity index (χ2n) is 4.83. The molecule has 1 rings (SSSR count). The number of benzene rings is 1. The number of hydrogen-bond acceptors (Lipinski definition) is 2. The van der Waals surface area contributed by atoms with Crippen LogP contribution in [0.4, 0.5) is 0 Å². The van der Waals surface area contributed by atoms with E-state index in [0.717, 1.165) is 6.42 Å². The maximum Gasteiger partial charge on any atom is 0.184 e. The highest BCUT2D eigenvalue weighted by Gasteiger charge is 2.02. The molecule has 3 N–H and O–H groups in total. The minimum Gasteiger partial charge on any atom is -0.375 e. The van der Waals surface area contributed by atoms with Crippen molar-refractivity contribution in [3.05, 3.63) is 35.4 Å². The number of hydrogen-bond donors (Lipinski definition) is 2. The smallest absolute Gasteiger partial charge is 0.184 e. The average molecular weight is 263 g/mol. The van der Waals surface area contributed by atoms with Gasteiger partial charge in [-0.25, -0.2) is 0 Å². The molecule has 0 aromatic heterocycles. The van der Waals surface area contributed by atoms with E-state index in [2.05, 4.69) is 67.8 Å². The molecule has 1 aromatic rings. The Morgan fingerprint density at radius 2 is 1.94 bits per heavy atom. The first-order chi connectivity index (χ1) is 8.49. The number of nitrogens with two attached hydrogens (primary N) is 1. The molecule has 0 saturated heterocycles. The summed E-state index contributed by atoms with van der Waals surface area (Å²) in [6.07, 6.45) is 2.79. The second kappa shape index (κ2) is 7.11. The Morgan fingerprint density at radius 3 is 2.44 bits per heavy atom. The van der Waals surface area contributed by atoms with Crippen molar-refractivity contribution in [3.8, 4) is 0 Å². The molecule has 18 heavy (non-hydrogen) atoms. The zero-order valence-electron chi connectivity index (χ0n) is 11.2. The summed E-state index contributed by atoms with van der Waals surface area (Å²) >= 11 is 4.67. The van der Waals surface area contributed by atoms with Crippen molar-refractivity contribution in [2.24, 2.45) is 16.8 Å². The van der Waals surface area contributed by atoms with Gasteiger partial charge in [0.05, 0.1) is 0 Å². The first kappa shape index (κ1) is 14.6. The van der Waals surface area contributed by atoms with Gasteiger partial charge >= 0.3 is 0 Å². The van der Waals surface area contributed by atoms with Gasteiger partial charge in [0.2, 0.25) is 0 Å². The third kappa shape index (κ3) is 5.27. The molecule has 98 valence electrons. The van der Waals surface area contributed by atoms with Crippen LogP contribution in [0.25, 0.3) is 0 Å². The molecule has 4 heteroatoms. The van der Waals surface area contributed by atoms with Crippen molar-refractivity contribution in [3.63, 3.8) is 0 Å². The van der Waals surface area contributed by atoms with Crippen molar-refractivity contribution in [1.82, 2.24) is 5.43 Å². The fourth-order valence-corrected chi connectivity index (χ4v) is 1.74. The van der Waals surface area contributed by atoms with Crippen LogP contribution in [-0.4, -0.2) is 11.3 Å². The maximum absolute atomic E-state index is 5.28. The zero-order chi connectivity index (χ0) is 13.5. The van der Waals surface area contributed by atoms with Gasteiger partial charge in [-0.1, -0.05) is 45.0 Å². The third-order valence-corrected chi connectivity index (χ3v) is 2.80. The van der Waals surface area contributed by atoms with Crippen LogP contribution in [0.3, 0.4) is 0 Å². The number of rotatable bonds is 5. The lowest BCUT2D eigenvalue weighted by Gasteiger charge is -2.09. The molecule has 0 spiro atoms. The van der Waals surface area contributed by atoms with Gasteiger partial charge in [-0.15, -0.1) is 0 Å². The molecule has 0 bridgehead atoms. The molecule has 0 heterocycles. The third-order valence-electron chi connectivity index (χ3n) is 2.71. The first-order valence-electron chi connectivity index (χ1n) is 6.16. The van der Waals surface area contributed by atoms with Crippen LogP contribution in [0.5, 0.6) is 0 Å². The second-order valence-corrected chi connectivity index (χ2v) is 5.27. The summed E-state index contributed by atoms with van der Waals surface area (Å²) in [5.74, 6) is 0.921. The number of nitrogens with one attached hydrogen (secondary N) is 1. The van der Waals surface area contributed by atoms with Gasteiger partial charge in [0.25, 0.3) is 0 Å². The molecule has 0 saturated carbocycles. The highest BCUT2D eigenvalue weighted by Crippen LogP contribution is 2.16. The van der Waals surface area contributed by atoms with Gasteiger partial charge < -0.3 is 5.73 Å². The van der Waals surface area contributed by atoms with Gasteiger partial charge in [-0.3, -0.25) is 5.43 Å². The summed E-state index contributed by atoms with van der Waals surface area (Å²) in [5, 5.41) is 4.17. The molecule has 0 aliphatic heterocycles. The minimum atomic E-state index is 0.194. The Morgan fingerprint density at radius 1 is 1.33 bits per heavy atom. The van der Waals surface area contributed by atoms with Gasteiger partial charge in [0.15, 0.2) is 5.11 Å². The summed E-state index contributed by atoms with van der Waals surface area (Å²) in [6, 6.07) is 8.75. The highest BCUT2D eigenvalue weighted by molar-refractivity contribution is 7.80. The lowest BCUT2D eigenvalue weighted by Crippen LogP contribution is -2.24. The van der Waals surface area contributed by atoms with E-state index < -0.39 is 0 Å². The van der Waals surface area contributed by atoms with Crippen LogP contribution in [0.2, 0.25) is 0 Å². The number of hydrazone groups is 1. The van der Waals surface area contributed by atoms with Crippen molar-refractivity contribution >= 4 is 23.5 Å². The molecular formula is C14H21N3S. The minimum absolute atomic E-state index is 0.194. The molecule has 0 unspecified atom stereocenters. The van der Waals surface area contributed by atoms with E-state index >= 15 is 0 Å². The fourth-order valence-electron chi connectivity index (χ4n) is 1.69. The molecule has 0 radical (unpaired) electrons.